The van der Waals surface area contributed by atoms with E-state index in [0.29, 0.717) is 49.9 Å². The van der Waals surface area contributed by atoms with Crippen molar-refractivity contribution in [3.63, 3.8) is 0 Å². The van der Waals surface area contributed by atoms with Crippen LogP contribution in [0.25, 0.3) is 0 Å². The topological polar surface area (TPSA) is 97.8 Å². The molecule has 3 saturated heterocycles. The normalized spacial score (nSPS) is 30.2. The first-order valence-electron chi connectivity index (χ1n) is 14.7. The predicted octanol–water partition coefficient (Wildman–Crippen LogP) is 3.66. The van der Waals surface area contributed by atoms with E-state index in [9.17, 15) is 4.79 Å². The summed E-state index contributed by atoms with van der Waals surface area (Å²) >= 11 is 0. The molecule has 0 radical (unpaired) electrons. The minimum atomic E-state index is -0.0151. The largest absolute Gasteiger partial charge is 0.379 e. The summed E-state index contributed by atoms with van der Waals surface area (Å²) < 4.78 is 17.7. The first kappa shape index (κ1) is 28.2. The van der Waals surface area contributed by atoms with E-state index >= 15 is 0 Å². The van der Waals surface area contributed by atoms with Gasteiger partial charge in [0.2, 0.25) is 0 Å². The Kier molecular flexibility index (Phi) is 9.66. The van der Waals surface area contributed by atoms with Crippen molar-refractivity contribution in [3.8, 4) is 0 Å². The van der Waals surface area contributed by atoms with Crippen molar-refractivity contribution in [1.82, 2.24) is 20.2 Å². The fourth-order valence-corrected chi connectivity index (χ4v) is 6.41. The Hall–Kier alpha value is -2.33. The van der Waals surface area contributed by atoms with Gasteiger partial charge in [0.15, 0.2) is 0 Å². The minimum Gasteiger partial charge on any atom is -0.379 e. The number of rotatable bonds is 8. The van der Waals surface area contributed by atoms with Gasteiger partial charge in [-0.05, 0) is 58.8 Å². The Morgan fingerprint density at radius 1 is 1.15 bits per heavy atom. The van der Waals surface area contributed by atoms with Crippen LogP contribution >= 0.6 is 0 Å². The number of amides is 1. The summed E-state index contributed by atoms with van der Waals surface area (Å²) in [6.07, 6.45) is 15.8. The van der Waals surface area contributed by atoms with Gasteiger partial charge < -0.3 is 29.7 Å². The molecule has 0 spiro atoms. The van der Waals surface area contributed by atoms with Gasteiger partial charge in [0.25, 0.3) is 5.91 Å². The lowest BCUT2D eigenvalue weighted by atomic mass is 9.86. The molecule has 4 heterocycles. The van der Waals surface area contributed by atoms with E-state index in [1.807, 2.05) is 11.8 Å². The number of piperidine rings is 1. The van der Waals surface area contributed by atoms with Crippen LogP contribution in [0, 0.1) is 12.8 Å². The number of nitrogens with one attached hydrogen (secondary N) is 2. The highest BCUT2D eigenvalue weighted by atomic mass is 16.5. The van der Waals surface area contributed by atoms with E-state index in [4.69, 9.17) is 14.2 Å². The van der Waals surface area contributed by atoms with Crippen LogP contribution in [0.4, 0.5) is 5.82 Å². The summed E-state index contributed by atoms with van der Waals surface area (Å²) in [6.45, 7) is 7.64. The van der Waals surface area contributed by atoms with E-state index in [2.05, 4.69) is 45.8 Å². The molecule has 0 bridgehead atoms. The standard InChI is InChI=1S/C30H45N5O4/c1-20-6-4-7-22(16-20)26-9-5-8-24(39-26)17-31-29-21(2)28(32-19-33-29)30(36)35-13-10-23(11-14-35)34-25-12-15-38-18-27(25)37-3/h4,6-7,19,22-27,34H,5,8-18H2,1-3H3,(H,31,32,33)/t22?,24-,25-,26+,27+/m1/s1. The molecule has 9 nitrogen and oxygen atoms in total. The van der Waals surface area contributed by atoms with Crippen LogP contribution in [0.3, 0.4) is 0 Å². The zero-order valence-electron chi connectivity index (χ0n) is 23.7. The smallest absolute Gasteiger partial charge is 0.272 e. The van der Waals surface area contributed by atoms with Crippen molar-refractivity contribution < 1.29 is 19.0 Å². The summed E-state index contributed by atoms with van der Waals surface area (Å²) in [5.41, 5.74) is 2.70. The Bertz CT molecular complexity index is 1040. The molecular weight excluding hydrogens is 494 g/mol. The zero-order valence-corrected chi connectivity index (χ0v) is 23.7. The third-order valence-corrected chi connectivity index (χ3v) is 8.78. The minimum absolute atomic E-state index is 0.0151. The molecule has 3 fully saturated rings. The number of allylic oxidation sites excluding steroid dienone is 3. The van der Waals surface area contributed by atoms with Crippen molar-refractivity contribution in [2.75, 3.05) is 45.3 Å². The lowest BCUT2D eigenvalue weighted by molar-refractivity contribution is -0.0619. The summed E-state index contributed by atoms with van der Waals surface area (Å²) in [4.78, 5) is 24.2. The SMILES string of the molecule is CO[C@H]1COCC[C@H]1NC1CCN(C(=O)c2ncnc(NC[C@H]3CCC[C@@H](C4C=CC=C(C)C4)O3)c2C)CC1. The van der Waals surface area contributed by atoms with E-state index in [1.54, 1.807) is 7.11 Å². The van der Waals surface area contributed by atoms with Gasteiger partial charge in [-0.25, -0.2) is 9.97 Å². The molecule has 1 aromatic heterocycles. The average Bonchev–Trinajstić information content (AvgIpc) is 2.97. The molecule has 0 saturated carbocycles. The third kappa shape index (κ3) is 7.06. The molecule has 1 aliphatic carbocycles. The molecular formula is C30H45N5O4. The maximum atomic E-state index is 13.4. The molecule has 5 rings (SSSR count). The fourth-order valence-electron chi connectivity index (χ4n) is 6.41. The van der Waals surface area contributed by atoms with Crippen molar-refractivity contribution in [1.29, 1.82) is 0 Å². The average molecular weight is 540 g/mol. The highest BCUT2D eigenvalue weighted by Gasteiger charge is 2.32. The predicted molar refractivity (Wildman–Crippen MR) is 151 cm³/mol. The first-order valence-corrected chi connectivity index (χ1v) is 14.7. The maximum Gasteiger partial charge on any atom is 0.272 e. The molecule has 1 aromatic rings. The van der Waals surface area contributed by atoms with Crippen LogP contribution in [0.5, 0.6) is 0 Å². The van der Waals surface area contributed by atoms with E-state index in [0.717, 1.165) is 56.5 Å². The van der Waals surface area contributed by atoms with Crippen molar-refractivity contribution in [2.45, 2.75) is 89.2 Å². The monoisotopic (exact) mass is 539 g/mol. The van der Waals surface area contributed by atoms with Gasteiger partial charge in [0.05, 0.1) is 24.9 Å². The number of methoxy groups -OCH3 is 1. The highest BCUT2D eigenvalue weighted by Crippen LogP contribution is 2.31. The van der Waals surface area contributed by atoms with Gasteiger partial charge in [-0.15, -0.1) is 0 Å². The number of hydrogen-bond donors (Lipinski definition) is 2. The second-order valence-corrected chi connectivity index (χ2v) is 11.5. The van der Waals surface area contributed by atoms with E-state index in [1.165, 1.54) is 18.3 Å². The molecule has 3 aliphatic heterocycles. The molecule has 39 heavy (non-hydrogen) atoms. The summed E-state index contributed by atoms with van der Waals surface area (Å²) in [6, 6.07) is 0.680. The van der Waals surface area contributed by atoms with Crippen molar-refractivity contribution >= 4 is 11.7 Å². The van der Waals surface area contributed by atoms with Gasteiger partial charge >= 0.3 is 0 Å². The van der Waals surface area contributed by atoms with E-state index < -0.39 is 0 Å². The number of anilines is 1. The summed E-state index contributed by atoms with van der Waals surface area (Å²) in [5.74, 6) is 1.16. The Morgan fingerprint density at radius 2 is 2.00 bits per heavy atom. The van der Waals surface area contributed by atoms with Crippen LogP contribution in [0.1, 0.15) is 67.9 Å². The molecule has 0 aromatic carbocycles. The van der Waals surface area contributed by atoms with Crippen molar-refractivity contribution in [2.24, 2.45) is 5.92 Å². The van der Waals surface area contributed by atoms with Crippen LogP contribution in [0.15, 0.2) is 30.1 Å². The van der Waals surface area contributed by atoms with Crippen LogP contribution in [0.2, 0.25) is 0 Å². The number of hydrogen-bond acceptors (Lipinski definition) is 8. The molecule has 1 amide bonds. The van der Waals surface area contributed by atoms with E-state index in [-0.39, 0.29) is 24.2 Å². The lowest BCUT2D eigenvalue weighted by Gasteiger charge is -2.38. The number of nitrogens with zero attached hydrogens (tertiary/aromatic N) is 3. The molecule has 1 unspecified atom stereocenters. The van der Waals surface area contributed by atoms with Crippen LogP contribution in [-0.4, -0.2) is 91.1 Å². The van der Waals surface area contributed by atoms with Crippen LogP contribution in [-0.2, 0) is 14.2 Å². The molecule has 4 aliphatic rings. The Morgan fingerprint density at radius 3 is 2.79 bits per heavy atom. The Labute approximate surface area is 232 Å². The molecule has 214 valence electrons. The number of carbonyl (C=O) groups is 1. The van der Waals surface area contributed by atoms with Gasteiger partial charge in [0.1, 0.15) is 17.8 Å². The fraction of sp³-hybridized carbons (Fsp3) is 0.700. The second-order valence-electron chi connectivity index (χ2n) is 11.5. The molecule has 2 N–H and O–H groups in total. The molecule has 5 atom stereocenters. The Balaban J connectivity index is 1.12. The highest BCUT2D eigenvalue weighted by molar-refractivity contribution is 5.94. The quantitative estimate of drug-likeness (QED) is 0.517. The number of ether oxygens (including phenoxy) is 3. The number of likely N-dealkylation sites (tertiary alicyclic amines) is 1. The number of aromatic nitrogens is 2. The van der Waals surface area contributed by atoms with Gasteiger partial charge in [-0.3, -0.25) is 4.79 Å². The summed E-state index contributed by atoms with van der Waals surface area (Å²) in [7, 11) is 1.75. The third-order valence-electron chi connectivity index (χ3n) is 8.78. The zero-order chi connectivity index (χ0) is 27.2. The van der Waals surface area contributed by atoms with Crippen molar-refractivity contribution in [3.05, 3.63) is 41.4 Å². The van der Waals surface area contributed by atoms with Gasteiger partial charge in [-0.2, -0.15) is 0 Å². The maximum absolute atomic E-state index is 13.4. The number of carbonyl (C=O) groups excluding carboxylic acids is 1. The second kappa shape index (κ2) is 13.4. The van der Waals surface area contributed by atoms with Gasteiger partial charge in [0, 0.05) is 56.9 Å². The first-order chi connectivity index (χ1) is 19.0. The summed E-state index contributed by atoms with van der Waals surface area (Å²) in [5, 5.41) is 7.22. The van der Waals surface area contributed by atoms with Crippen LogP contribution < -0.4 is 10.6 Å². The van der Waals surface area contributed by atoms with Gasteiger partial charge in [-0.1, -0.05) is 23.8 Å². The lowest BCUT2D eigenvalue weighted by Crippen LogP contribution is -2.54. The molecule has 9 heteroatoms.